The topological polar surface area (TPSA) is 187 Å². The Bertz CT molecular complexity index is 1570. The summed E-state index contributed by atoms with van der Waals surface area (Å²) in [5.41, 5.74) is 0.365. The molecule has 0 radical (unpaired) electrons. The lowest BCUT2D eigenvalue weighted by Gasteiger charge is -2.50. The van der Waals surface area contributed by atoms with Gasteiger partial charge in [0.15, 0.2) is 37.0 Å². The molecular formula is C39H50O16S. The molecule has 0 saturated carbocycles. The molecule has 0 N–H and O–H groups in total. The summed E-state index contributed by atoms with van der Waals surface area (Å²) in [7, 11) is 1.46. The van der Waals surface area contributed by atoms with Gasteiger partial charge in [0.05, 0.1) is 13.2 Å². The summed E-state index contributed by atoms with van der Waals surface area (Å²) >= 11 is 1.17. The third-order valence-corrected chi connectivity index (χ3v) is 9.49. The van der Waals surface area contributed by atoms with E-state index in [-0.39, 0.29) is 13.2 Å². The van der Waals surface area contributed by atoms with Gasteiger partial charge in [0.25, 0.3) is 0 Å². The van der Waals surface area contributed by atoms with Crippen LogP contribution in [0.5, 0.6) is 0 Å². The van der Waals surface area contributed by atoms with E-state index in [0.29, 0.717) is 5.75 Å². The van der Waals surface area contributed by atoms with E-state index in [9.17, 15) is 24.0 Å². The molecule has 4 rings (SSSR count). The van der Waals surface area contributed by atoms with Crippen LogP contribution in [0.15, 0.2) is 60.7 Å². The third kappa shape index (κ3) is 13.0. The number of esters is 5. The molecule has 11 atom stereocenters. The maximum absolute atomic E-state index is 12.9. The quantitative estimate of drug-likeness (QED) is 0.113. The standard InChI is InChI=1S/C39H50O16S/c1-8-56-39(36(52-26(6)44)34(51-25(5)43)31(50-24(4)42)29(49-23(3)41)20-46-22(2)40)55-33-32-30(21-48-37(54-32)28-17-13-10-14-18-28)53-38(45-7)35(33)47-19-27-15-11-9-12-16-27/h9-18,29-39H,8,19-21H2,1-7H3/t29-,30+,31-,32+,33-,34-,35-,36+,37+,38-,39+/m0/s1. The van der Waals surface area contributed by atoms with E-state index in [1.165, 1.54) is 18.9 Å². The Morgan fingerprint density at radius 2 is 1.32 bits per heavy atom. The number of carbonyl (C=O) groups excluding carboxylic acids is 5. The zero-order valence-electron chi connectivity index (χ0n) is 32.4. The highest BCUT2D eigenvalue weighted by molar-refractivity contribution is 7.99. The summed E-state index contributed by atoms with van der Waals surface area (Å²) in [5.74, 6) is -3.76. The van der Waals surface area contributed by atoms with Gasteiger partial charge in [-0.05, 0) is 11.3 Å². The second-order valence-electron chi connectivity index (χ2n) is 12.8. The van der Waals surface area contributed by atoms with Crippen LogP contribution >= 0.6 is 11.8 Å². The van der Waals surface area contributed by atoms with Gasteiger partial charge in [0.1, 0.15) is 36.5 Å². The summed E-state index contributed by atoms with van der Waals surface area (Å²) in [4.78, 5) is 62.5. The lowest BCUT2D eigenvalue weighted by molar-refractivity contribution is -0.371. The molecule has 2 saturated heterocycles. The number of benzene rings is 2. The minimum absolute atomic E-state index is 0.0825. The Labute approximate surface area is 330 Å². The van der Waals surface area contributed by atoms with Gasteiger partial charge in [0, 0.05) is 47.3 Å². The molecule has 0 unspecified atom stereocenters. The van der Waals surface area contributed by atoms with Gasteiger partial charge < -0.3 is 52.1 Å². The Morgan fingerprint density at radius 3 is 1.89 bits per heavy atom. The lowest BCUT2D eigenvalue weighted by atomic mass is 9.96. The van der Waals surface area contributed by atoms with E-state index >= 15 is 0 Å². The Hall–Kier alpha value is -4.10. The largest absolute Gasteiger partial charge is 0.462 e. The van der Waals surface area contributed by atoms with Crippen molar-refractivity contribution in [2.24, 2.45) is 0 Å². The molecule has 0 aliphatic carbocycles. The van der Waals surface area contributed by atoms with E-state index < -0.39 is 103 Å². The van der Waals surface area contributed by atoms with Crippen LogP contribution in [0.2, 0.25) is 0 Å². The first-order valence-corrected chi connectivity index (χ1v) is 19.1. The van der Waals surface area contributed by atoms with Crippen LogP contribution in [-0.2, 0) is 82.7 Å². The fraction of sp³-hybridized carbons (Fsp3) is 0.564. The summed E-state index contributed by atoms with van der Waals surface area (Å²) < 4.78 is 66.2. The summed E-state index contributed by atoms with van der Waals surface area (Å²) in [6, 6.07) is 18.7. The molecule has 56 heavy (non-hydrogen) atoms. The van der Waals surface area contributed by atoms with Crippen LogP contribution in [-0.4, -0.2) is 116 Å². The zero-order chi connectivity index (χ0) is 40.8. The average molecular weight is 807 g/mol. The van der Waals surface area contributed by atoms with Crippen molar-refractivity contribution in [3.8, 4) is 0 Å². The summed E-state index contributed by atoms with van der Waals surface area (Å²) in [5, 5.41) is 0. The molecular weight excluding hydrogens is 756 g/mol. The fourth-order valence-corrected chi connectivity index (χ4v) is 7.22. The number of hydrogen-bond acceptors (Lipinski definition) is 17. The molecule has 308 valence electrons. The second kappa shape index (κ2) is 22.0. The van der Waals surface area contributed by atoms with Crippen LogP contribution in [0.1, 0.15) is 59.0 Å². The van der Waals surface area contributed by atoms with Crippen LogP contribution in [0.4, 0.5) is 0 Å². The van der Waals surface area contributed by atoms with Crippen LogP contribution in [0, 0.1) is 0 Å². The van der Waals surface area contributed by atoms with Crippen LogP contribution in [0.3, 0.4) is 0 Å². The number of ether oxygens (including phenoxy) is 11. The number of methoxy groups -OCH3 is 1. The predicted molar refractivity (Wildman–Crippen MR) is 196 cm³/mol. The van der Waals surface area contributed by atoms with Crippen molar-refractivity contribution in [2.75, 3.05) is 26.1 Å². The number of fused-ring (bicyclic) bond motifs is 1. The number of carbonyl (C=O) groups is 5. The number of rotatable bonds is 19. The van der Waals surface area contributed by atoms with E-state index in [1.807, 2.05) is 67.6 Å². The maximum Gasteiger partial charge on any atom is 0.303 e. The molecule has 2 aromatic carbocycles. The molecule has 2 aromatic rings. The highest BCUT2D eigenvalue weighted by atomic mass is 32.2. The summed E-state index contributed by atoms with van der Waals surface area (Å²) in [6.45, 7) is 6.95. The second-order valence-corrected chi connectivity index (χ2v) is 14.2. The molecule has 2 fully saturated rings. The first kappa shape index (κ1) is 44.6. The summed E-state index contributed by atoms with van der Waals surface area (Å²) in [6.07, 6.45) is -11.9. The molecule has 2 heterocycles. The van der Waals surface area contributed by atoms with Crippen molar-refractivity contribution < 1.29 is 76.1 Å². The van der Waals surface area contributed by atoms with Crippen molar-refractivity contribution in [1.82, 2.24) is 0 Å². The molecule has 2 aliphatic heterocycles. The molecule has 17 heteroatoms. The molecule has 16 nitrogen and oxygen atoms in total. The molecule has 0 aromatic heterocycles. The van der Waals surface area contributed by atoms with E-state index in [0.717, 1.165) is 45.7 Å². The minimum atomic E-state index is -1.69. The zero-order valence-corrected chi connectivity index (χ0v) is 33.2. The van der Waals surface area contributed by atoms with Gasteiger partial charge in [-0.15, -0.1) is 11.8 Å². The van der Waals surface area contributed by atoms with Crippen LogP contribution in [0.25, 0.3) is 0 Å². The van der Waals surface area contributed by atoms with Crippen molar-refractivity contribution in [2.45, 2.75) is 115 Å². The normalized spacial score (nSPS) is 24.6. The lowest BCUT2D eigenvalue weighted by Crippen LogP contribution is -2.65. The van der Waals surface area contributed by atoms with E-state index in [4.69, 9.17) is 52.1 Å². The smallest absolute Gasteiger partial charge is 0.303 e. The van der Waals surface area contributed by atoms with E-state index in [1.54, 1.807) is 0 Å². The van der Waals surface area contributed by atoms with E-state index in [2.05, 4.69) is 0 Å². The van der Waals surface area contributed by atoms with Crippen molar-refractivity contribution in [3.63, 3.8) is 0 Å². The van der Waals surface area contributed by atoms with Gasteiger partial charge in [-0.1, -0.05) is 67.6 Å². The Morgan fingerprint density at radius 1 is 0.732 bits per heavy atom. The molecule has 0 amide bonds. The van der Waals surface area contributed by atoms with Gasteiger partial charge in [-0.2, -0.15) is 0 Å². The predicted octanol–water partition coefficient (Wildman–Crippen LogP) is 3.81. The fourth-order valence-electron chi connectivity index (χ4n) is 6.28. The van der Waals surface area contributed by atoms with Crippen LogP contribution < -0.4 is 0 Å². The van der Waals surface area contributed by atoms with Gasteiger partial charge >= 0.3 is 29.8 Å². The first-order chi connectivity index (χ1) is 26.8. The van der Waals surface area contributed by atoms with Crippen molar-refractivity contribution in [1.29, 1.82) is 0 Å². The van der Waals surface area contributed by atoms with Gasteiger partial charge in [0.2, 0.25) is 0 Å². The Balaban J connectivity index is 1.83. The van der Waals surface area contributed by atoms with Crippen molar-refractivity contribution in [3.05, 3.63) is 71.8 Å². The number of thioether (sulfide) groups is 1. The SMILES string of the molecule is CCS[C@@H](O[C@@H]1[C@H](OCc2ccccc2)[C@@H](OC)O[C@@H]2CO[C@@H](c3ccccc3)O[C@@H]12)[C@H](OC(C)=O)[C@@H](OC(C)=O)[C@@H](OC(C)=O)[C@H](COC(C)=O)OC(C)=O. The van der Waals surface area contributed by atoms with Crippen molar-refractivity contribution >= 4 is 41.6 Å². The van der Waals surface area contributed by atoms with Gasteiger partial charge in [-0.3, -0.25) is 24.0 Å². The highest BCUT2D eigenvalue weighted by Gasteiger charge is 2.55. The molecule has 0 spiro atoms. The molecule has 2 aliphatic rings. The maximum atomic E-state index is 12.9. The monoisotopic (exact) mass is 806 g/mol. The third-order valence-electron chi connectivity index (χ3n) is 8.45. The number of hydrogen-bond donors (Lipinski definition) is 0. The Kier molecular flexibility index (Phi) is 17.5. The molecule has 0 bridgehead atoms. The first-order valence-electron chi connectivity index (χ1n) is 18.1. The minimum Gasteiger partial charge on any atom is -0.462 e. The highest BCUT2D eigenvalue weighted by Crippen LogP contribution is 2.39. The van der Waals surface area contributed by atoms with Gasteiger partial charge in [-0.25, -0.2) is 0 Å². The average Bonchev–Trinajstić information content (AvgIpc) is 3.16.